The molecule has 1 saturated heterocycles. The van der Waals surface area contributed by atoms with Crippen LogP contribution in [0.3, 0.4) is 0 Å². The highest BCUT2D eigenvalue weighted by molar-refractivity contribution is 5.77. The van der Waals surface area contributed by atoms with Crippen molar-refractivity contribution in [3.63, 3.8) is 0 Å². The molecule has 1 rings (SSSR count). The molecule has 1 heterocycles. The van der Waals surface area contributed by atoms with E-state index in [0.29, 0.717) is 11.9 Å². The van der Waals surface area contributed by atoms with Gasteiger partial charge in [-0.25, -0.2) is 0 Å². The summed E-state index contributed by atoms with van der Waals surface area (Å²) >= 11 is 0. The van der Waals surface area contributed by atoms with Crippen LogP contribution < -0.4 is 5.32 Å². The molecule has 0 saturated carbocycles. The number of nitrogens with one attached hydrogen (secondary N) is 1. The zero-order chi connectivity index (χ0) is 11.1. The summed E-state index contributed by atoms with van der Waals surface area (Å²) in [6.45, 7) is 7.37. The molecule has 1 amide bonds. The number of hydrogen-bond acceptors (Lipinski definition) is 2. The van der Waals surface area contributed by atoms with Crippen molar-refractivity contribution in [1.82, 2.24) is 10.2 Å². The molecule has 0 aromatic rings. The molecule has 1 N–H and O–H groups in total. The minimum Gasteiger partial charge on any atom is -0.343 e. The van der Waals surface area contributed by atoms with E-state index in [-0.39, 0.29) is 0 Å². The van der Waals surface area contributed by atoms with Gasteiger partial charge in [0.2, 0.25) is 5.91 Å². The third-order valence-electron chi connectivity index (χ3n) is 3.04. The number of rotatable bonds is 7. The lowest BCUT2D eigenvalue weighted by Crippen LogP contribution is -2.27. The Hall–Kier alpha value is -0.570. The molecule has 0 aromatic carbocycles. The van der Waals surface area contributed by atoms with Crippen LogP contribution in [0.1, 0.15) is 46.0 Å². The zero-order valence-corrected chi connectivity index (χ0v) is 10.1. The highest BCUT2D eigenvalue weighted by Crippen LogP contribution is 2.11. The van der Waals surface area contributed by atoms with Crippen molar-refractivity contribution >= 4 is 5.91 Å². The lowest BCUT2D eigenvalue weighted by Gasteiger charge is -2.16. The fourth-order valence-electron chi connectivity index (χ4n) is 2.14. The second-order valence-electron chi connectivity index (χ2n) is 4.44. The summed E-state index contributed by atoms with van der Waals surface area (Å²) in [5.41, 5.74) is 0. The molecule has 1 aliphatic rings. The number of amides is 1. The van der Waals surface area contributed by atoms with Crippen LogP contribution >= 0.6 is 0 Å². The van der Waals surface area contributed by atoms with Crippen molar-refractivity contribution in [3.05, 3.63) is 0 Å². The van der Waals surface area contributed by atoms with E-state index in [4.69, 9.17) is 0 Å². The van der Waals surface area contributed by atoms with Gasteiger partial charge in [-0.05, 0) is 32.7 Å². The fraction of sp³-hybridized carbons (Fsp3) is 0.917. The molecule has 0 radical (unpaired) electrons. The Morgan fingerprint density at radius 1 is 1.47 bits per heavy atom. The minimum absolute atomic E-state index is 0.356. The maximum Gasteiger partial charge on any atom is 0.222 e. The molecule has 3 nitrogen and oxygen atoms in total. The molecular formula is C12H24N2O. The Bertz CT molecular complexity index is 194. The first kappa shape index (κ1) is 12.5. The van der Waals surface area contributed by atoms with Gasteiger partial charge in [0, 0.05) is 25.6 Å². The summed E-state index contributed by atoms with van der Waals surface area (Å²) < 4.78 is 0. The van der Waals surface area contributed by atoms with Crippen molar-refractivity contribution in [2.75, 3.05) is 19.6 Å². The predicted molar refractivity (Wildman–Crippen MR) is 62.8 cm³/mol. The molecule has 0 bridgehead atoms. The van der Waals surface area contributed by atoms with Crippen molar-refractivity contribution in [2.45, 2.75) is 52.0 Å². The standard InChI is InChI=1S/C12H24N2O/c1-3-13-11(2)7-4-5-9-14-10-6-8-12(14)15/h11,13H,3-10H2,1-2H3. The first-order valence-corrected chi connectivity index (χ1v) is 6.25. The maximum absolute atomic E-state index is 11.3. The molecule has 1 aliphatic heterocycles. The van der Waals surface area contributed by atoms with Crippen LogP contribution in [-0.4, -0.2) is 36.5 Å². The van der Waals surface area contributed by atoms with Gasteiger partial charge in [-0.3, -0.25) is 4.79 Å². The van der Waals surface area contributed by atoms with Gasteiger partial charge in [0.15, 0.2) is 0 Å². The average Bonchev–Trinajstić information content (AvgIpc) is 2.60. The highest BCUT2D eigenvalue weighted by atomic mass is 16.2. The number of carbonyl (C=O) groups excluding carboxylic acids is 1. The van der Waals surface area contributed by atoms with Crippen LogP contribution in [0.5, 0.6) is 0 Å². The van der Waals surface area contributed by atoms with Gasteiger partial charge < -0.3 is 10.2 Å². The van der Waals surface area contributed by atoms with Crippen molar-refractivity contribution < 1.29 is 4.79 Å². The lowest BCUT2D eigenvalue weighted by atomic mass is 10.1. The largest absolute Gasteiger partial charge is 0.343 e. The summed E-state index contributed by atoms with van der Waals surface area (Å²) in [5.74, 6) is 0.356. The van der Waals surface area contributed by atoms with Gasteiger partial charge in [0.1, 0.15) is 0 Å². The van der Waals surface area contributed by atoms with Gasteiger partial charge in [-0.2, -0.15) is 0 Å². The van der Waals surface area contributed by atoms with E-state index < -0.39 is 0 Å². The SMILES string of the molecule is CCNC(C)CCCCN1CCCC1=O. The zero-order valence-electron chi connectivity index (χ0n) is 10.1. The maximum atomic E-state index is 11.3. The minimum atomic E-state index is 0.356. The van der Waals surface area contributed by atoms with E-state index in [2.05, 4.69) is 19.2 Å². The van der Waals surface area contributed by atoms with Crippen LogP contribution in [0.25, 0.3) is 0 Å². The Labute approximate surface area is 93.2 Å². The molecule has 88 valence electrons. The lowest BCUT2D eigenvalue weighted by molar-refractivity contribution is -0.127. The van der Waals surface area contributed by atoms with E-state index in [1.807, 2.05) is 4.90 Å². The second kappa shape index (κ2) is 6.83. The molecular weight excluding hydrogens is 188 g/mol. The molecule has 1 atom stereocenters. The number of carbonyl (C=O) groups is 1. The first-order chi connectivity index (χ1) is 7.24. The first-order valence-electron chi connectivity index (χ1n) is 6.25. The topological polar surface area (TPSA) is 32.3 Å². The average molecular weight is 212 g/mol. The van der Waals surface area contributed by atoms with E-state index >= 15 is 0 Å². The Morgan fingerprint density at radius 2 is 2.27 bits per heavy atom. The van der Waals surface area contributed by atoms with Crippen molar-refractivity contribution in [1.29, 1.82) is 0 Å². The summed E-state index contributed by atoms with van der Waals surface area (Å²) in [4.78, 5) is 13.3. The molecule has 15 heavy (non-hydrogen) atoms. The fourth-order valence-corrected chi connectivity index (χ4v) is 2.14. The van der Waals surface area contributed by atoms with Gasteiger partial charge in [-0.1, -0.05) is 13.3 Å². The van der Waals surface area contributed by atoms with Gasteiger partial charge in [-0.15, -0.1) is 0 Å². The van der Waals surface area contributed by atoms with Crippen LogP contribution in [-0.2, 0) is 4.79 Å². The van der Waals surface area contributed by atoms with Crippen LogP contribution in [0.2, 0.25) is 0 Å². The van der Waals surface area contributed by atoms with Crippen molar-refractivity contribution in [2.24, 2.45) is 0 Å². The van der Waals surface area contributed by atoms with Crippen LogP contribution in [0, 0.1) is 0 Å². The van der Waals surface area contributed by atoms with Gasteiger partial charge >= 0.3 is 0 Å². The van der Waals surface area contributed by atoms with E-state index in [1.165, 1.54) is 12.8 Å². The number of likely N-dealkylation sites (tertiary alicyclic amines) is 1. The van der Waals surface area contributed by atoms with Gasteiger partial charge in [0.05, 0.1) is 0 Å². The summed E-state index contributed by atoms with van der Waals surface area (Å²) in [6, 6.07) is 0.615. The monoisotopic (exact) mass is 212 g/mol. The Kier molecular flexibility index (Phi) is 5.69. The summed E-state index contributed by atoms with van der Waals surface area (Å²) in [7, 11) is 0. The molecule has 0 spiro atoms. The number of unbranched alkanes of at least 4 members (excludes halogenated alkanes) is 1. The van der Waals surface area contributed by atoms with E-state index in [0.717, 1.165) is 38.9 Å². The molecule has 1 unspecified atom stereocenters. The van der Waals surface area contributed by atoms with E-state index in [1.54, 1.807) is 0 Å². The van der Waals surface area contributed by atoms with E-state index in [9.17, 15) is 4.79 Å². The van der Waals surface area contributed by atoms with Crippen LogP contribution in [0.15, 0.2) is 0 Å². The Morgan fingerprint density at radius 3 is 2.87 bits per heavy atom. The quantitative estimate of drug-likeness (QED) is 0.652. The third kappa shape index (κ3) is 4.65. The molecule has 0 aliphatic carbocycles. The highest BCUT2D eigenvalue weighted by Gasteiger charge is 2.18. The van der Waals surface area contributed by atoms with Crippen molar-refractivity contribution in [3.8, 4) is 0 Å². The molecule has 1 fully saturated rings. The Balaban J connectivity index is 1.99. The molecule has 3 heteroatoms. The van der Waals surface area contributed by atoms with Crippen LogP contribution in [0.4, 0.5) is 0 Å². The second-order valence-corrected chi connectivity index (χ2v) is 4.44. The smallest absolute Gasteiger partial charge is 0.222 e. The summed E-state index contributed by atoms with van der Waals surface area (Å²) in [5, 5.41) is 3.40. The predicted octanol–water partition coefficient (Wildman–Crippen LogP) is 1.78. The summed E-state index contributed by atoms with van der Waals surface area (Å²) in [6.07, 6.45) is 5.43. The number of hydrogen-bond donors (Lipinski definition) is 1. The normalized spacial score (nSPS) is 18.5. The third-order valence-corrected chi connectivity index (χ3v) is 3.04. The number of nitrogens with zero attached hydrogens (tertiary/aromatic N) is 1. The molecule has 0 aromatic heterocycles. The van der Waals surface area contributed by atoms with Gasteiger partial charge in [0.25, 0.3) is 0 Å².